The van der Waals surface area contributed by atoms with Gasteiger partial charge in [0.1, 0.15) is 5.75 Å². The van der Waals surface area contributed by atoms with Gasteiger partial charge in [0.05, 0.1) is 12.4 Å². The van der Waals surface area contributed by atoms with Crippen molar-refractivity contribution in [2.75, 3.05) is 25.4 Å². The zero-order chi connectivity index (χ0) is 14.4. The molecule has 0 aromatic heterocycles. The molecule has 0 radical (unpaired) electrons. The number of benzene rings is 1. The first-order chi connectivity index (χ1) is 9.62. The normalized spacial score (nSPS) is 18.1. The highest BCUT2D eigenvalue weighted by Gasteiger charge is 2.27. The Labute approximate surface area is 121 Å². The largest absolute Gasteiger partial charge is 0.493 e. The van der Waals surface area contributed by atoms with Gasteiger partial charge < -0.3 is 4.74 Å². The van der Waals surface area contributed by atoms with E-state index in [-0.39, 0.29) is 5.75 Å². The van der Waals surface area contributed by atoms with Gasteiger partial charge in [-0.2, -0.15) is 0 Å². The fourth-order valence-electron chi connectivity index (χ4n) is 2.47. The van der Waals surface area contributed by atoms with E-state index in [1.807, 2.05) is 37.3 Å². The minimum atomic E-state index is -3.03. The Kier molecular flexibility index (Phi) is 5.43. The van der Waals surface area contributed by atoms with Crippen LogP contribution in [-0.2, 0) is 10.0 Å². The summed E-state index contributed by atoms with van der Waals surface area (Å²) < 4.78 is 31.3. The lowest BCUT2D eigenvalue weighted by molar-refractivity contribution is 0.185. The minimum absolute atomic E-state index is 0.262. The van der Waals surface area contributed by atoms with E-state index >= 15 is 0 Å². The molecule has 0 atom stereocenters. The van der Waals surface area contributed by atoms with Crippen molar-refractivity contribution in [3.05, 3.63) is 30.3 Å². The molecule has 0 N–H and O–H groups in total. The highest BCUT2D eigenvalue weighted by Crippen LogP contribution is 2.21. The van der Waals surface area contributed by atoms with Crippen molar-refractivity contribution in [1.82, 2.24) is 4.31 Å². The number of sulfonamides is 1. The van der Waals surface area contributed by atoms with Crippen LogP contribution in [-0.4, -0.2) is 38.2 Å². The Morgan fingerprint density at radius 2 is 1.85 bits per heavy atom. The van der Waals surface area contributed by atoms with Crippen molar-refractivity contribution < 1.29 is 13.2 Å². The Hall–Kier alpha value is -1.07. The molecule has 0 amide bonds. The van der Waals surface area contributed by atoms with E-state index in [0.717, 1.165) is 18.6 Å². The number of hydrogen-bond donors (Lipinski definition) is 0. The van der Waals surface area contributed by atoms with Gasteiger partial charge in [0.2, 0.25) is 10.0 Å². The Bertz CT molecular complexity index is 493. The molecule has 0 saturated carbocycles. The van der Waals surface area contributed by atoms with E-state index in [4.69, 9.17) is 4.74 Å². The first-order valence-electron chi connectivity index (χ1n) is 7.27. The van der Waals surface area contributed by atoms with Crippen LogP contribution in [0.15, 0.2) is 30.3 Å². The second kappa shape index (κ2) is 7.09. The molecule has 1 heterocycles. The predicted octanol–water partition coefficient (Wildman–Crippen LogP) is 2.52. The van der Waals surface area contributed by atoms with Crippen molar-refractivity contribution in [2.24, 2.45) is 5.92 Å². The van der Waals surface area contributed by atoms with Gasteiger partial charge >= 0.3 is 0 Å². The van der Waals surface area contributed by atoms with Crippen molar-refractivity contribution >= 4 is 10.0 Å². The summed E-state index contributed by atoms with van der Waals surface area (Å²) in [5.74, 6) is 1.59. The number of piperidine rings is 1. The molecule has 1 saturated heterocycles. The van der Waals surface area contributed by atoms with E-state index in [0.29, 0.717) is 32.0 Å². The van der Waals surface area contributed by atoms with Crippen LogP contribution in [0.2, 0.25) is 0 Å². The molecule has 2 rings (SSSR count). The number of hydrogen-bond acceptors (Lipinski definition) is 3. The van der Waals surface area contributed by atoms with Gasteiger partial charge in [-0.1, -0.05) is 25.1 Å². The van der Waals surface area contributed by atoms with E-state index in [1.165, 1.54) is 0 Å². The third kappa shape index (κ3) is 4.21. The summed E-state index contributed by atoms with van der Waals surface area (Å²) in [6.45, 7) is 3.83. The molecular weight excluding hydrogens is 274 g/mol. The van der Waals surface area contributed by atoms with Crippen molar-refractivity contribution in [3.8, 4) is 5.75 Å². The van der Waals surface area contributed by atoms with Crippen LogP contribution < -0.4 is 4.74 Å². The van der Waals surface area contributed by atoms with Crippen LogP contribution in [0, 0.1) is 5.92 Å². The quantitative estimate of drug-likeness (QED) is 0.810. The number of ether oxygens (including phenoxy) is 1. The second-order valence-electron chi connectivity index (χ2n) is 5.28. The van der Waals surface area contributed by atoms with Gasteiger partial charge in [-0.25, -0.2) is 12.7 Å². The number of nitrogens with zero attached hydrogens (tertiary/aromatic N) is 1. The molecule has 1 aromatic carbocycles. The van der Waals surface area contributed by atoms with Crippen LogP contribution in [0.25, 0.3) is 0 Å². The Morgan fingerprint density at radius 1 is 1.20 bits per heavy atom. The van der Waals surface area contributed by atoms with Crippen molar-refractivity contribution in [1.29, 1.82) is 0 Å². The molecule has 1 aliphatic rings. The van der Waals surface area contributed by atoms with Crippen molar-refractivity contribution in [3.63, 3.8) is 0 Å². The molecule has 20 heavy (non-hydrogen) atoms. The van der Waals surface area contributed by atoms with Gasteiger partial charge in [-0.3, -0.25) is 0 Å². The van der Waals surface area contributed by atoms with Crippen LogP contribution >= 0.6 is 0 Å². The SMILES string of the molecule is CCCS(=O)(=O)N1CCC(COc2ccccc2)CC1. The molecular formula is C15H23NO3S. The first-order valence-corrected chi connectivity index (χ1v) is 8.88. The topological polar surface area (TPSA) is 46.6 Å². The third-order valence-electron chi connectivity index (χ3n) is 3.66. The maximum atomic E-state index is 12.0. The third-order valence-corrected chi connectivity index (χ3v) is 5.73. The molecule has 112 valence electrons. The Balaban J connectivity index is 1.77. The van der Waals surface area contributed by atoms with Crippen LogP contribution in [0.1, 0.15) is 26.2 Å². The molecule has 1 aliphatic heterocycles. The summed E-state index contributed by atoms with van der Waals surface area (Å²) >= 11 is 0. The summed E-state index contributed by atoms with van der Waals surface area (Å²) in [5.41, 5.74) is 0. The summed E-state index contributed by atoms with van der Waals surface area (Å²) in [7, 11) is -3.03. The molecule has 0 bridgehead atoms. The molecule has 1 fully saturated rings. The molecule has 0 spiro atoms. The summed E-state index contributed by atoms with van der Waals surface area (Å²) in [6.07, 6.45) is 2.45. The van der Waals surface area contributed by atoms with Gasteiger partial charge in [0, 0.05) is 13.1 Å². The van der Waals surface area contributed by atoms with Gasteiger partial charge in [-0.15, -0.1) is 0 Å². The lowest BCUT2D eigenvalue weighted by Gasteiger charge is -2.31. The highest BCUT2D eigenvalue weighted by molar-refractivity contribution is 7.89. The molecule has 0 aliphatic carbocycles. The van der Waals surface area contributed by atoms with Gasteiger partial charge in [0.25, 0.3) is 0 Å². The minimum Gasteiger partial charge on any atom is -0.493 e. The maximum Gasteiger partial charge on any atom is 0.214 e. The fourth-order valence-corrected chi connectivity index (χ4v) is 4.01. The summed E-state index contributed by atoms with van der Waals surface area (Å²) in [5, 5.41) is 0. The van der Waals surface area contributed by atoms with Crippen LogP contribution in [0.3, 0.4) is 0 Å². The smallest absolute Gasteiger partial charge is 0.214 e. The van der Waals surface area contributed by atoms with Gasteiger partial charge in [-0.05, 0) is 37.3 Å². The maximum absolute atomic E-state index is 12.0. The molecule has 1 aromatic rings. The standard InChI is InChI=1S/C15H23NO3S/c1-2-12-20(17,18)16-10-8-14(9-11-16)13-19-15-6-4-3-5-7-15/h3-7,14H,2,8-13H2,1H3. The molecule has 5 heteroatoms. The lowest BCUT2D eigenvalue weighted by atomic mass is 9.99. The van der Waals surface area contributed by atoms with E-state index in [1.54, 1.807) is 4.31 Å². The Morgan fingerprint density at radius 3 is 2.45 bits per heavy atom. The zero-order valence-corrected chi connectivity index (χ0v) is 12.8. The van der Waals surface area contributed by atoms with E-state index in [9.17, 15) is 8.42 Å². The summed E-state index contributed by atoms with van der Waals surface area (Å²) in [4.78, 5) is 0. The average molecular weight is 297 g/mol. The zero-order valence-electron chi connectivity index (χ0n) is 12.0. The van der Waals surface area contributed by atoms with Crippen LogP contribution in [0.4, 0.5) is 0 Å². The number of para-hydroxylation sites is 1. The molecule has 4 nitrogen and oxygen atoms in total. The second-order valence-corrected chi connectivity index (χ2v) is 7.37. The van der Waals surface area contributed by atoms with Crippen molar-refractivity contribution in [2.45, 2.75) is 26.2 Å². The van der Waals surface area contributed by atoms with E-state index < -0.39 is 10.0 Å². The van der Waals surface area contributed by atoms with E-state index in [2.05, 4.69) is 0 Å². The number of rotatable bonds is 6. The molecule has 0 unspecified atom stereocenters. The monoisotopic (exact) mass is 297 g/mol. The predicted molar refractivity (Wildman–Crippen MR) is 80.3 cm³/mol. The van der Waals surface area contributed by atoms with Gasteiger partial charge in [0.15, 0.2) is 0 Å². The summed E-state index contributed by atoms with van der Waals surface area (Å²) in [6, 6.07) is 9.76. The lowest BCUT2D eigenvalue weighted by Crippen LogP contribution is -2.40. The first kappa shape index (κ1) is 15.3. The van der Waals surface area contributed by atoms with Crippen LogP contribution in [0.5, 0.6) is 5.75 Å². The fraction of sp³-hybridized carbons (Fsp3) is 0.600. The highest BCUT2D eigenvalue weighted by atomic mass is 32.2. The average Bonchev–Trinajstić information content (AvgIpc) is 2.47.